The Kier molecular flexibility index (Phi) is 4.39. The first kappa shape index (κ1) is 13.4. The van der Waals surface area contributed by atoms with Gasteiger partial charge in [-0.1, -0.05) is 20.8 Å². The van der Waals surface area contributed by atoms with Gasteiger partial charge in [0.15, 0.2) is 0 Å². The Morgan fingerprint density at radius 2 is 2.06 bits per heavy atom. The second-order valence-electron chi connectivity index (χ2n) is 5.26. The molecule has 17 heavy (non-hydrogen) atoms. The fourth-order valence-corrected chi connectivity index (χ4v) is 1.48. The summed E-state index contributed by atoms with van der Waals surface area (Å²) >= 11 is 0. The Balaban J connectivity index is 2.68. The lowest BCUT2D eigenvalue weighted by atomic mass is 9.92. The van der Waals surface area contributed by atoms with Gasteiger partial charge in [-0.2, -0.15) is 5.26 Å². The maximum atomic E-state index is 8.81. The molecule has 0 unspecified atom stereocenters. The van der Waals surface area contributed by atoms with Crippen LogP contribution in [0.2, 0.25) is 0 Å². The van der Waals surface area contributed by atoms with Gasteiger partial charge in [0.25, 0.3) is 0 Å². The predicted octanol–water partition coefficient (Wildman–Crippen LogP) is 3.41. The molecule has 92 valence electrons. The molecule has 0 bridgehead atoms. The molecular weight excluding hydrogens is 212 g/mol. The summed E-state index contributed by atoms with van der Waals surface area (Å²) in [6, 6.07) is 7.53. The van der Waals surface area contributed by atoms with Crippen molar-refractivity contribution in [3.8, 4) is 11.8 Å². The second-order valence-corrected chi connectivity index (χ2v) is 5.26. The highest BCUT2D eigenvalue weighted by molar-refractivity contribution is 5.59. The minimum Gasteiger partial charge on any atom is -0.495 e. The van der Waals surface area contributed by atoms with Crippen LogP contribution in [0.25, 0.3) is 0 Å². The van der Waals surface area contributed by atoms with E-state index in [4.69, 9.17) is 10.00 Å². The average Bonchev–Trinajstić information content (AvgIpc) is 2.27. The van der Waals surface area contributed by atoms with Crippen LogP contribution < -0.4 is 10.1 Å². The average molecular weight is 232 g/mol. The molecule has 0 radical (unpaired) electrons. The topological polar surface area (TPSA) is 45.0 Å². The molecule has 3 heteroatoms. The van der Waals surface area contributed by atoms with E-state index < -0.39 is 0 Å². The van der Waals surface area contributed by atoms with Crippen LogP contribution in [0, 0.1) is 16.7 Å². The van der Waals surface area contributed by atoms with E-state index in [9.17, 15) is 0 Å². The summed E-state index contributed by atoms with van der Waals surface area (Å²) in [4.78, 5) is 0. The second kappa shape index (κ2) is 5.58. The molecule has 1 rings (SSSR count). The van der Waals surface area contributed by atoms with Crippen molar-refractivity contribution in [2.45, 2.75) is 27.2 Å². The van der Waals surface area contributed by atoms with Crippen LogP contribution in [0.3, 0.4) is 0 Å². The molecule has 0 saturated carbocycles. The van der Waals surface area contributed by atoms with Gasteiger partial charge in [0.05, 0.1) is 24.4 Å². The van der Waals surface area contributed by atoms with Gasteiger partial charge in [0.1, 0.15) is 5.75 Å². The van der Waals surface area contributed by atoms with Gasteiger partial charge < -0.3 is 10.1 Å². The summed E-state index contributed by atoms with van der Waals surface area (Å²) in [5, 5.41) is 12.1. The first-order valence-electron chi connectivity index (χ1n) is 5.78. The van der Waals surface area contributed by atoms with Crippen LogP contribution >= 0.6 is 0 Å². The van der Waals surface area contributed by atoms with Crippen molar-refractivity contribution in [1.29, 1.82) is 5.26 Å². The molecule has 0 aliphatic carbocycles. The zero-order valence-corrected chi connectivity index (χ0v) is 11.0. The monoisotopic (exact) mass is 232 g/mol. The zero-order valence-electron chi connectivity index (χ0n) is 11.0. The molecule has 0 fully saturated rings. The summed E-state index contributed by atoms with van der Waals surface area (Å²) in [5.74, 6) is 0.720. The lowest BCUT2D eigenvalue weighted by Gasteiger charge is -2.19. The third kappa shape index (κ3) is 4.36. The minimum atomic E-state index is 0.312. The molecule has 0 saturated heterocycles. The van der Waals surface area contributed by atoms with Crippen molar-refractivity contribution in [3.05, 3.63) is 23.8 Å². The molecule has 0 amide bonds. The van der Waals surface area contributed by atoms with E-state index in [-0.39, 0.29) is 0 Å². The molecule has 0 spiro atoms. The lowest BCUT2D eigenvalue weighted by molar-refractivity contribution is 0.388. The first-order valence-corrected chi connectivity index (χ1v) is 5.78. The number of anilines is 1. The highest BCUT2D eigenvalue weighted by atomic mass is 16.5. The van der Waals surface area contributed by atoms with Crippen molar-refractivity contribution in [1.82, 2.24) is 0 Å². The van der Waals surface area contributed by atoms with Crippen LogP contribution in [0.4, 0.5) is 5.69 Å². The SMILES string of the molecule is COc1cc(C#N)ccc1NCCC(C)(C)C. The molecule has 0 aliphatic rings. The van der Waals surface area contributed by atoms with Gasteiger partial charge in [-0.15, -0.1) is 0 Å². The number of nitrogens with one attached hydrogen (secondary N) is 1. The molecular formula is C14H20N2O. The predicted molar refractivity (Wildman–Crippen MR) is 70.3 cm³/mol. The molecule has 0 aliphatic heterocycles. The van der Waals surface area contributed by atoms with Crippen molar-refractivity contribution in [3.63, 3.8) is 0 Å². The quantitative estimate of drug-likeness (QED) is 0.865. The standard InChI is InChI=1S/C14H20N2O/c1-14(2,3)7-8-16-12-6-5-11(10-15)9-13(12)17-4/h5-6,9,16H,7-8H2,1-4H3. The van der Waals surface area contributed by atoms with Crippen LogP contribution in [-0.2, 0) is 0 Å². The fraction of sp³-hybridized carbons (Fsp3) is 0.500. The molecule has 0 aromatic heterocycles. The van der Waals surface area contributed by atoms with Crippen LogP contribution in [0.1, 0.15) is 32.8 Å². The highest BCUT2D eigenvalue weighted by Gasteiger charge is 2.10. The summed E-state index contributed by atoms with van der Waals surface area (Å²) in [6.07, 6.45) is 1.08. The van der Waals surface area contributed by atoms with Gasteiger partial charge in [-0.25, -0.2) is 0 Å². The number of hydrogen-bond acceptors (Lipinski definition) is 3. The summed E-state index contributed by atoms with van der Waals surface area (Å²) in [7, 11) is 1.62. The first-order chi connectivity index (χ1) is 7.96. The molecule has 1 N–H and O–H groups in total. The Morgan fingerprint density at radius 3 is 2.59 bits per heavy atom. The van der Waals surface area contributed by atoms with Crippen LogP contribution in [-0.4, -0.2) is 13.7 Å². The minimum absolute atomic E-state index is 0.312. The largest absolute Gasteiger partial charge is 0.495 e. The molecule has 0 heterocycles. The Labute approximate surface area is 103 Å². The number of rotatable bonds is 4. The van der Waals surface area contributed by atoms with E-state index in [1.165, 1.54) is 0 Å². The van der Waals surface area contributed by atoms with Crippen LogP contribution in [0.5, 0.6) is 5.75 Å². The fourth-order valence-electron chi connectivity index (χ4n) is 1.48. The van der Waals surface area contributed by atoms with Gasteiger partial charge in [-0.3, -0.25) is 0 Å². The maximum absolute atomic E-state index is 8.81. The van der Waals surface area contributed by atoms with Crippen molar-refractivity contribution < 1.29 is 4.74 Å². The molecule has 0 atom stereocenters. The lowest BCUT2D eigenvalue weighted by Crippen LogP contribution is -2.13. The summed E-state index contributed by atoms with van der Waals surface area (Å²) in [5.41, 5.74) is 1.87. The molecule has 1 aromatic rings. The highest BCUT2D eigenvalue weighted by Crippen LogP contribution is 2.26. The van der Waals surface area contributed by atoms with E-state index in [1.54, 1.807) is 19.2 Å². The van der Waals surface area contributed by atoms with E-state index >= 15 is 0 Å². The Morgan fingerprint density at radius 1 is 1.35 bits per heavy atom. The van der Waals surface area contributed by atoms with Gasteiger partial charge >= 0.3 is 0 Å². The Hall–Kier alpha value is -1.69. The number of benzene rings is 1. The van der Waals surface area contributed by atoms with E-state index in [0.29, 0.717) is 11.0 Å². The van der Waals surface area contributed by atoms with E-state index in [0.717, 1.165) is 24.4 Å². The van der Waals surface area contributed by atoms with E-state index in [2.05, 4.69) is 32.2 Å². The van der Waals surface area contributed by atoms with Gasteiger partial charge in [-0.05, 0) is 24.0 Å². The van der Waals surface area contributed by atoms with E-state index in [1.807, 2.05) is 6.07 Å². The van der Waals surface area contributed by atoms with Gasteiger partial charge in [0, 0.05) is 12.6 Å². The van der Waals surface area contributed by atoms with Crippen molar-refractivity contribution in [2.24, 2.45) is 5.41 Å². The number of ether oxygens (including phenoxy) is 1. The van der Waals surface area contributed by atoms with Gasteiger partial charge in [0.2, 0.25) is 0 Å². The summed E-state index contributed by atoms with van der Waals surface area (Å²) < 4.78 is 5.26. The van der Waals surface area contributed by atoms with Crippen molar-refractivity contribution in [2.75, 3.05) is 19.0 Å². The summed E-state index contributed by atoms with van der Waals surface area (Å²) in [6.45, 7) is 7.53. The van der Waals surface area contributed by atoms with Crippen LogP contribution in [0.15, 0.2) is 18.2 Å². The molecule has 1 aromatic carbocycles. The normalized spacial score (nSPS) is 10.8. The third-order valence-corrected chi connectivity index (χ3v) is 2.52. The smallest absolute Gasteiger partial charge is 0.143 e. The number of nitrogens with zero attached hydrogens (tertiary/aromatic N) is 1. The van der Waals surface area contributed by atoms with Crippen molar-refractivity contribution >= 4 is 5.69 Å². The number of nitriles is 1. The molecule has 3 nitrogen and oxygen atoms in total. The third-order valence-electron chi connectivity index (χ3n) is 2.52. The Bertz CT molecular complexity index is 413. The number of hydrogen-bond donors (Lipinski definition) is 1. The maximum Gasteiger partial charge on any atom is 0.143 e. The zero-order chi connectivity index (χ0) is 12.9. The number of methoxy groups -OCH3 is 1.